The number of Topliss-reactive ketones (excluding diaryl/α,β-unsaturated/α-hetero) is 1. The van der Waals surface area contributed by atoms with Crippen molar-refractivity contribution >= 4 is 46.4 Å². The van der Waals surface area contributed by atoms with E-state index < -0.39 is 17.7 Å². The molecular weight excluding hydrogens is 405 g/mol. The van der Waals surface area contributed by atoms with Crippen LogP contribution in [-0.4, -0.2) is 32.0 Å². The van der Waals surface area contributed by atoms with Crippen LogP contribution in [0.4, 0.5) is 11.4 Å². The smallest absolute Gasteiger partial charge is 0.276 e. The molecule has 0 aliphatic carbocycles. The molecule has 2 aromatic rings. The lowest BCUT2D eigenvalue weighted by atomic mass is 10.2. The molecule has 1 amide bonds. The highest BCUT2D eigenvalue weighted by atomic mass is 35.5. The van der Waals surface area contributed by atoms with Crippen LogP contribution in [-0.2, 0) is 9.59 Å². The van der Waals surface area contributed by atoms with Gasteiger partial charge in [0, 0.05) is 11.8 Å². The van der Waals surface area contributed by atoms with E-state index in [1.807, 2.05) is 6.92 Å². The second-order valence-electron chi connectivity index (χ2n) is 5.82. The van der Waals surface area contributed by atoms with Crippen molar-refractivity contribution in [3.05, 3.63) is 47.0 Å². The summed E-state index contributed by atoms with van der Waals surface area (Å²) in [4.78, 5) is 24.8. The van der Waals surface area contributed by atoms with Crippen LogP contribution in [0.2, 0.25) is 5.02 Å². The number of hydrogen-bond acceptors (Lipinski definition) is 6. The second kappa shape index (κ2) is 9.52. The van der Waals surface area contributed by atoms with Gasteiger partial charge in [-0.1, -0.05) is 23.7 Å². The van der Waals surface area contributed by atoms with Gasteiger partial charge in [-0.3, -0.25) is 9.59 Å². The molecule has 28 heavy (non-hydrogen) atoms. The lowest BCUT2D eigenvalue weighted by molar-refractivity contribution is -0.126. The molecule has 0 aliphatic rings. The number of amides is 1. The van der Waals surface area contributed by atoms with Crippen LogP contribution in [0.25, 0.3) is 0 Å². The molecular formula is C19H19Cl2N3O4. The Morgan fingerprint density at radius 3 is 2.43 bits per heavy atom. The van der Waals surface area contributed by atoms with Gasteiger partial charge < -0.3 is 9.47 Å². The number of methoxy groups -OCH3 is 2. The third kappa shape index (κ3) is 4.79. The van der Waals surface area contributed by atoms with Crippen LogP contribution >= 0.6 is 23.4 Å². The topological polar surface area (TPSA) is 80.6 Å². The molecule has 2 aromatic carbocycles. The van der Waals surface area contributed by atoms with Crippen molar-refractivity contribution in [3.63, 3.8) is 0 Å². The van der Waals surface area contributed by atoms with Crippen LogP contribution in [0, 0.1) is 6.92 Å². The number of anilines is 1. The van der Waals surface area contributed by atoms with Gasteiger partial charge in [0.2, 0.25) is 6.04 Å². The fourth-order valence-corrected chi connectivity index (χ4v) is 2.87. The monoisotopic (exact) mass is 423 g/mol. The lowest BCUT2D eigenvalue weighted by Crippen LogP contribution is -2.36. The maximum Gasteiger partial charge on any atom is 0.276 e. The van der Waals surface area contributed by atoms with Gasteiger partial charge in [-0.05, 0) is 43.7 Å². The summed E-state index contributed by atoms with van der Waals surface area (Å²) >= 11 is 12.3. The van der Waals surface area contributed by atoms with Crippen LogP contribution in [0.5, 0.6) is 11.5 Å². The fourth-order valence-electron chi connectivity index (χ4n) is 2.37. The zero-order valence-electron chi connectivity index (χ0n) is 15.8. The van der Waals surface area contributed by atoms with Crippen LogP contribution < -0.4 is 13.9 Å². The molecule has 0 aliphatic heterocycles. The normalized spacial score (nSPS) is 11.9. The van der Waals surface area contributed by atoms with E-state index in [1.54, 1.807) is 36.4 Å². The standard InChI is InChI=1S/C19H19Cl2N3O4/c1-11-8-9-14(13(20)10-11)22-23-17(12(2)25)19(26)24(21)15-6-5-7-16(27-3)18(15)28-4/h5-10,17H,1-4H3. The van der Waals surface area contributed by atoms with Crippen molar-refractivity contribution in [1.29, 1.82) is 0 Å². The summed E-state index contributed by atoms with van der Waals surface area (Å²) in [5, 5.41) is 8.18. The van der Waals surface area contributed by atoms with Gasteiger partial charge in [0.1, 0.15) is 11.4 Å². The Hall–Kier alpha value is -2.64. The molecule has 0 saturated heterocycles. The highest BCUT2D eigenvalue weighted by molar-refractivity contribution is 6.39. The van der Waals surface area contributed by atoms with Crippen molar-refractivity contribution in [3.8, 4) is 11.5 Å². The summed E-state index contributed by atoms with van der Waals surface area (Å²) in [5.74, 6) is -0.683. The quantitative estimate of drug-likeness (QED) is 0.360. The summed E-state index contributed by atoms with van der Waals surface area (Å²) in [6.07, 6.45) is 0. The Morgan fingerprint density at radius 2 is 1.86 bits per heavy atom. The predicted molar refractivity (Wildman–Crippen MR) is 108 cm³/mol. The molecule has 1 unspecified atom stereocenters. The Balaban J connectivity index is 2.35. The summed E-state index contributed by atoms with van der Waals surface area (Å²) in [7, 11) is 2.87. The van der Waals surface area contributed by atoms with Gasteiger partial charge in [0.05, 0.1) is 19.2 Å². The van der Waals surface area contributed by atoms with Crippen LogP contribution in [0.3, 0.4) is 0 Å². The maximum atomic E-state index is 12.8. The molecule has 2 rings (SSSR count). The van der Waals surface area contributed by atoms with Crippen molar-refractivity contribution in [2.45, 2.75) is 19.9 Å². The lowest BCUT2D eigenvalue weighted by Gasteiger charge is -2.20. The molecule has 0 N–H and O–H groups in total. The fraction of sp³-hybridized carbons (Fsp3) is 0.263. The minimum Gasteiger partial charge on any atom is -0.493 e. The number of aryl methyl sites for hydroxylation is 1. The number of benzene rings is 2. The molecule has 148 valence electrons. The van der Waals surface area contributed by atoms with Gasteiger partial charge in [-0.2, -0.15) is 10.2 Å². The molecule has 0 heterocycles. The summed E-state index contributed by atoms with van der Waals surface area (Å²) < 4.78 is 11.2. The van der Waals surface area contributed by atoms with Gasteiger partial charge in [0.25, 0.3) is 5.91 Å². The minimum absolute atomic E-state index is 0.211. The zero-order chi connectivity index (χ0) is 20.8. The van der Waals surface area contributed by atoms with E-state index in [1.165, 1.54) is 21.1 Å². The number of hydrogen-bond donors (Lipinski definition) is 0. The van der Waals surface area contributed by atoms with E-state index in [-0.39, 0.29) is 11.4 Å². The molecule has 0 aromatic heterocycles. The molecule has 7 nitrogen and oxygen atoms in total. The highest BCUT2D eigenvalue weighted by Crippen LogP contribution is 2.38. The van der Waals surface area contributed by atoms with Crippen LogP contribution in [0.15, 0.2) is 46.6 Å². The van der Waals surface area contributed by atoms with E-state index in [0.717, 1.165) is 9.98 Å². The van der Waals surface area contributed by atoms with E-state index in [2.05, 4.69) is 10.2 Å². The number of para-hydroxylation sites is 1. The highest BCUT2D eigenvalue weighted by Gasteiger charge is 2.31. The van der Waals surface area contributed by atoms with E-state index in [0.29, 0.717) is 16.5 Å². The average molecular weight is 424 g/mol. The number of rotatable bonds is 7. The van der Waals surface area contributed by atoms with Gasteiger partial charge in [0.15, 0.2) is 17.3 Å². The zero-order valence-corrected chi connectivity index (χ0v) is 17.3. The Kier molecular flexibility index (Phi) is 7.37. The Bertz CT molecular complexity index is 918. The van der Waals surface area contributed by atoms with Gasteiger partial charge in [-0.15, -0.1) is 0 Å². The molecule has 0 fully saturated rings. The summed E-state index contributed by atoms with van der Waals surface area (Å²) in [6.45, 7) is 3.10. The number of ketones is 1. The van der Waals surface area contributed by atoms with Gasteiger partial charge in [-0.25, -0.2) is 4.42 Å². The first-order chi connectivity index (χ1) is 13.3. The summed E-state index contributed by atoms with van der Waals surface area (Å²) in [6, 6.07) is 8.54. The molecule has 0 bridgehead atoms. The number of carbonyl (C=O) groups excluding carboxylic acids is 2. The first kappa shape index (κ1) is 21.7. The largest absolute Gasteiger partial charge is 0.493 e. The molecule has 0 saturated carbocycles. The first-order valence-electron chi connectivity index (χ1n) is 8.18. The molecule has 0 spiro atoms. The number of azo groups is 1. The number of ether oxygens (including phenoxy) is 2. The third-order valence-corrected chi connectivity index (χ3v) is 4.44. The number of nitrogens with zero attached hydrogens (tertiary/aromatic N) is 3. The van der Waals surface area contributed by atoms with Gasteiger partial charge >= 0.3 is 0 Å². The average Bonchev–Trinajstić information content (AvgIpc) is 2.67. The van der Waals surface area contributed by atoms with Crippen molar-refractivity contribution in [2.75, 3.05) is 18.6 Å². The van der Waals surface area contributed by atoms with E-state index in [9.17, 15) is 9.59 Å². The van der Waals surface area contributed by atoms with Crippen molar-refractivity contribution < 1.29 is 19.1 Å². The second-order valence-corrected chi connectivity index (χ2v) is 6.56. The van der Waals surface area contributed by atoms with E-state index in [4.69, 9.17) is 32.9 Å². The number of halogens is 2. The van der Waals surface area contributed by atoms with Crippen LogP contribution in [0.1, 0.15) is 12.5 Å². The number of carbonyl (C=O) groups is 2. The first-order valence-corrected chi connectivity index (χ1v) is 8.90. The maximum absolute atomic E-state index is 12.8. The van der Waals surface area contributed by atoms with Crippen molar-refractivity contribution in [2.24, 2.45) is 10.2 Å². The summed E-state index contributed by atoms with van der Waals surface area (Å²) in [5.41, 5.74) is 1.50. The Morgan fingerprint density at radius 1 is 1.14 bits per heavy atom. The van der Waals surface area contributed by atoms with Crippen molar-refractivity contribution in [1.82, 2.24) is 0 Å². The Labute approximate surface area is 173 Å². The SMILES string of the molecule is COc1cccc(N(Cl)C(=O)C(N=Nc2ccc(C)cc2Cl)C(C)=O)c1OC. The third-order valence-electron chi connectivity index (χ3n) is 3.79. The molecule has 9 heteroatoms. The molecule has 1 atom stereocenters. The molecule has 0 radical (unpaired) electrons. The minimum atomic E-state index is -1.44. The predicted octanol–water partition coefficient (Wildman–Crippen LogP) is 4.89. The van der Waals surface area contributed by atoms with E-state index >= 15 is 0 Å².